The lowest BCUT2D eigenvalue weighted by atomic mass is 9.85. The SMILES string of the molecule is C[C@@H](NC(O)C1CCC(NS(=O)(=O)c2ccc(Br)c(Cl)c2)CC1)c1ccc(F)cc1. The average Bonchev–Trinajstić information content (AvgIpc) is 2.70. The third-order valence-corrected chi connectivity index (χ3v) is 8.28. The van der Waals surface area contributed by atoms with Gasteiger partial charge in [0.15, 0.2) is 0 Å². The quantitative estimate of drug-likeness (QED) is 0.462. The van der Waals surface area contributed by atoms with E-state index in [-0.39, 0.29) is 28.7 Å². The van der Waals surface area contributed by atoms with Crippen LogP contribution in [0.25, 0.3) is 0 Å². The molecule has 2 atom stereocenters. The van der Waals surface area contributed by atoms with Gasteiger partial charge in [0.2, 0.25) is 10.0 Å². The predicted octanol–water partition coefficient (Wildman–Crippen LogP) is 4.75. The van der Waals surface area contributed by atoms with Gasteiger partial charge in [0.25, 0.3) is 0 Å². The van der Waals surface area contributed by atoms with Crippen molar-refractivity contribution in [2.45, 2.75) is 55.8 Å². The summed E-state index contributed by atoms with van der Waals surface area (Å²) in [5, 5.41) is 14.1. The van der Waals surface area contributed by atoms with E-state index in [1.165, 1.54) is 24.3 Å². The Hall–Kier alpha value is -1.03. The highest BCUT2D eigenvalue weighted by Crippen LogP contribution is 2.30. The Morgan fingerprint density at radius 3 is 2.37 bits per heavy atom. The molecule has 2 aromatic carbocycles. The Kier molecular flexibility index (Phi) is 7.92. The van der Waals surface area contributed by atoms with E-state index in [1.54, 1.807) is 18.2 Å². The maximum absolute atomic E-state index is 13.1. The lowest BCUT2D eigenvalue weighted by Crippen LogP contribution is -2.43. The van der Waals surface area contributed by atoms with Gasteiger partial charge in [-0.05, 0) is 90.4 Å². The van der Waals surface area contributed by atoms with Crippen molar-refractivity contribution in [1.82, 2.24) is 10.0 Å². The Balaban J connectivity index is 1.52. The van der Waals surface area contributed by atoms with Gasteiger partial charge in [-0.15, -0.1) is 0 Å². The van der Waals surface area contributed by atoms with Crippen molar-refractivity contribution >= 4 is 37.6 Å². The van der Waals surface area contributed by atoms with Crippen molar-refractivity contribution in [1.29, 1.82) is 0 Å². The topological polar surface area (TPSA) is 78.4 Å². The highest BCUT2D eigenvalue weighted by molar-refractivity contribution is 9.10. The van der Waals surface area contributed by atoms with Crippen molar-refractivity contribution in [3.8, 4) is 0 Å². The van der Waals surface area contributed by atoms with Gasteiger partial charge in [-0.1, -0.05) is 23.7 Å². The molecule has 1 unspecified atom stereocenters. The Bertz CT molecular complexity index is 967. The number of hydrogen-bond acceptors (Lipinski definition) is 4. The highest BCUT2D eigenvalue weighted by Gasteiger charge is 2.30. The molecule has 9 heteroatoms. The van der Waals surface area contributed by atoms with Crippen LogP contribution in [0.3, 0.4) is 0 Å². The van der Waals surface area contributed by atoms with Gasteiger partial charge in [0, 0.05) is 16.6 Å². The van der Waals surface area contributed by atoms with Crippen molar-refractivity contribution < 1.29 is 17.9 Å². The molecular formula is C21H25BrClFN2O3S. The van der Waals surface area contributed by atoms with Crippen LogP contribution in [0.1, 0.15) is 44.2 Å². The van der Waals surface area contributed by atoms with E-state index in [0.29, 0.717) is 35.2 Å². The van der Waals surface area contributed by atoms with Crippen LogP contribution >= 0.6 is 27.5 Å². The van der Waals surface area contributed by atoms with Crippen molar-refractivity contribution in [3.63, 3.8) is 0 Å². The molecule has 3 rings (SSSR count). The highest BCUT2D eigenvalue weighted by atomic mass is 79.9. The molecule has 0 aromatic heterocycles. The monoisotopic (exact) mass is 518 g/mol. The van der Waals surface area contributed by atoms with Crippen LogP contribution in [-0.2, 0) is 10.0 Å². The third kappa shape index (κ3) is 6.02. The maximum Gasteiger partial charge on any atom is 0.240 e. The van der Waals surface area contributed by atoms with E-state index in [0.717, 1.165) is 5.56 Å². The molecule has 0 bridgehead atoms. The molecule has 0 radical (unpaired) electrons. The summed E-state index contributed by atoms with van der Waals surface area (Å²) in [4.78, 5) is 0.132. The summed E-state index contributed by atoms with van der Waals surface area (Å²) in [6.45, 7) is 1.92. The van der Waals surface area contributed by atoms with Gasteiger partial charge in [-0.2, -0.15) is 0 Å². The summed E-state index contributed by atoms with van der Waals surface area (Å²) in [5.74, 6) is -0.270. The molecule has 164 valence electrons. The fraction of sp³-hybridized carbons (Fsp3) is 0.429. The minimum atomic E-state index is -3.66. The number of sulfonamides is 1. The fourth-order valence-electron chi connectivity index (χ4n) is 3.72. The molecule has 2 aromatic rings. The summed E-state index contributed by atoms with van der Waals surface area (Å²) in [7, 11) is -3.66. The van der Waals surface area contributed by atoms with E-state index in [1.807, 2.05) is 6.92 Å². The van der Waals surface area contributed by atoms with Crippen LogP contribution in [0.15, 0.2) is 51.8 Å². The predicted molar refractivity (Wildman–Crippen MR) is 119 cm³/mol. The molecule has 1 saturated carbocycles. The Morgan fingerprint density at radius 2 is 1.77 bits per heavy atom. The molecule has 0 heterocycles. The zero-order valence-electron chi connectivity index (χ0n) is 16.5. The Labute approximate surface area is 190 Å². The van der Waals surface area contributed by atoms with Crippen LogP contribution in [0.4, 0.5) is 4.39 Å². The summed E-state index contributed by atoms with van der Waals surface area (Å²) in [6, 6.07) is 10.4. The van der Waals surface area contributed by atoms with Crippen LogP contribution in [-0.4, -0.2) is 25.8 Å². The van der Waals surface area contributed by atoms with Crippen LogP contribution in [0, 0.1) is 11.7 Å². The van der Waals surface area contributed by atoms with Crippen molar-refractivity contribution in [2.75, 3.05) is 0 Å². The summed E-state index contributed by atoms with van der Waals surface area (Å²) < 4.78 is 41.7. The molecule has 0 spiro atoms. The van der Waals surface area contributed by atoms with Gasteiger partial charge in [0.05, 0.1) is 9.92 Å². The second kappa shape index (κ2) is 10.1. The minimum Gasteiger partial charge on any atom is -0.378 e. The van der Waals surface area contributed by atoms with E-state index < -0.39 is 16.3 Å². The molecule has 0 amide bonds. The second-order valence-corrected chi connectivity index (χ2v) is 10.7. The molecule has 1 aliphatic carbocycles. The molecule has 0 saturated heterocycles. The van der Waals surface area contributed by atoms with Crippen LogP contribution in [0.2, 0.25) is 5.02 Å². The molecule has 1 aliphatic rings. The standard InChI is InChI=1S/C21H25BrClFN2O3S/c1-13(14-2-6-16(24)7-3-14)25-21(27)15-4-8-17(9-5-15)26-30(28,29)18-10-11-19(22)20(23)12-18/h2-3,6-7,10-13,15,17,21,25-27H,4-5,8-9H2,1H3/t13-,15?,17?,21?/m1/s1. The van der Waals surface area contributed by atoms with Gasteiger partial charge in [-0.25, -0.2) is 17.5 Å². The molecule has 30 heavy (non-hydrogen) atoms. The number of halogens is 3. The minimum absolute atomic E-state index is 0.0239. The zero-order chi connectivity index (χ0) is 21.9. The number of benzene rings is 2. The molecule has 3 N–H and O–H groups in total. The Morgan fingerprint density at radius 1 is 1.13 bits per heavy atom. The molecule has 0 aliphatic heterocycles. The number of aliphatic hydroxyl groups excluding tert-OH is 1. The first-order chi connectivity index (χ1) is 14.2. The summed E-state index contributed by atoms with van der Waals surface area (Å²) >= 11 is 9.27. The normalized spacial score (nSPS) is 21.9. The maximum atomic E-state index is 13.1. The zero-order valence-corrected chi connectivity index (χ0v) is 19.6. The smallest absolute Gasteiger partial charge is 0.240 e. The van der Waals surface area contributed by atoms with Crippen molar-refractivity contribution in [3.05, 3.63) is 63.3 Å². The molecule has 1 fully saturated rings. The van der Waals surface area contributed by atoms with Crippen LogP contribution in [0.5, 0.6) is 0 Å². The largest absolute Gasteiger partial charge is 0.378 e. The van der Waals surface area contributed by atoms with Crippen LogP contribution < -0.4 is 10.0 Å². The number of rotatable bonds is 7. The number of aliphatic hydroxyl groups is 1. The average molecular weight is 520 g/mol. The fourth-order valence-corrected chi connectivity index (χ4v) is 5.55. The van der Waals surface area contributed by atoms with Gasteiger partial charge >= 0.3 is 0 Å². The van der Waals surface area contributed by atoms with Crippen molar-refractivity contribution in [2.24, 2.45) is 5.92 Å². The first kappa shape index (κ1) is 23.6. The van der Waals surface area contributed by atoms with Gasteiger partial charge in [0.1, 0.15) is 12.0 Å². The summed E-state index contributed by atoms with van der Waals surface area (Å²) in [6.07, 6.45) is 1.94. The first-order valence-corrected chi connectivity index (χ1v) is 12.5. The summed E-state index contributed by atoms with van der Waals surface area (Å²) in [5.41, 5.74) is 0.894. The third-order valence-electron chi connectivity index (χ3n) is 5.53. The lowest BCUT2D eigenvalue weighted by molar-refractivity contribution is 0.0429. The van der Waals surface area contributed by atoms with E-state index in [9.17, 15) is 17.9 Å². The van der Waals surface area contributed by atoms with E-state index in [4.69, 9.17) is 11.6 Å². The molecular weight excluding hydrogens is 495 g/mol. The molecule has 5 nitrogen and oxygen atoms in total. The second-order valence-electron chi connectivity index (χ2n) is 7.69. The number of nitrogens with one attached hydrogen (secondary N) is 2. The first-order valence-electron chi connectivity index (χ1n) is 9.82. The lowest BCUT2D eigenvalue weighted by Gasteiger charge is -2.33. The van der Waals surface area contributed by atoms with Gasteiger partial charge in [-0.3, -0.25) is 5.32 Å². The number of hydrogen-bond donors (Lipinski definition) is 3. The van der Waals surface area contributed by atoms with Gasteiger partial charge < -0.3 is 5.11 Å². The van der Waals surface area contributed by atoms with E-state index in [2.05, 4.69) is 26.0 Å². The van der Waals surface area contributed by atoms with E-state index >= 15 is 0 Å².